The number of thiazole rings is 1. The van der Waals surface area contributed by atoms with Gasteiger partial charge in [-0.15, -0.1) is 11.3 Å². The van der Waals surface area contributed by atoms with Gasteiger partial charge in [-0.1, -0.05) is 12.1 Å². The van der Waals surface area contributed by atoms with Crippen molar-refractivity contribution in [2.75, 3.05) is 31.1 Å². The molecule has 0 aliphatic carbocycles. The quantitative estimate of drug-likeness (QED) is 0.817. The van der Waals surface area contributed by atoms with Crippen LogP contribution in [0.4, 0.5) is 9.52 Å². The van der Waals surface area contributed by atoms with Crippen molar-refractivity contribution >= 4 is 28.5 Å². The second-order valence-corrected chi connectivity index (χ2v) is 5.89. The normalized spacial score (nSPS) is 15.5. The van der Waals surface area contributed by atoms with Crippen LogP contribution in [0.25, 0.3) is 6.08 Å². The van der Waals surface area contributed by atoms with E-state index in [4.69, 9.17) is 0 Å². The SMILES string of the molecule is O=C(C=Cc1cccc(F)c1)N1CCN(c2nccs2)CC1. The summed E-state index contributed by atoms with van der Waals surface area (Å²) in [4.78, 5) is 20.4. The lowest BCUT2D eigenvalue weighted by Gasteiger charge is -2.34. The van der Waals surface area contributed by atoms with E-state index in [0.29, 0.717) is 18.7 Å². The van der Waals surface area contributed by atoms with Crippen LogP contribution < -0.4 is 4.90 Å². The summed E-state index contributed by atoms with van der Waals surface area (Å²) >= 11 is 1.61. The van der Waals surface area contributed by atoms with Gasteiger partial charge in [-0.25, -0.2) is 9.37 Å². The van der Waals surface area contributed by atoms with Crippen LogP contribution in [-0.4, -0.2) is 42.0 Å². The van der Waals surface area contributed by atoms with Crippen molar-refractivity contribution in [2.45, 2.75) is 0 Å². The molecule has 6 heteroatoms. The number of aromatic nitrogens is 1. The van der Waals surface area contributed by atoms with Crippen LogP contribution in [0.1, 0.15) is 5.56 Å². The zero-order valence-corrected chi connectivity index (χ0v) is 12.8. The Morgan fingerprint density at radius 3 is 2.77 bits per heavy atom. The zero-order chi connectivity index (χ0) is 15.4. The Morgan fingerprint density at radius 2 is 2.09 bits per heavy atom. The van der Waals surface area contributed by atoms with E-state index in [1.54, 1.807) is 40.6 Å². The van der Waals surface area contributed by atoms with Crippen molar-refractivity contribution in [2.24, 2.45) is 0 Å². The maximum absolute atomic E-state index is 13.1. The van der Waals surface area contributed by atoms with Crippen LogP contribution >= 0.6 is 11.3 Å². The third-order valence-electron chi connectivity index (χ3n) is 3.55. The van der Waals surface area contributed by atoms with Gasteiger partial charge in [0.2, 0.25) is 5.91 Å². The highest BCUT2D eigenvalue weighted by molar-refractivity contribution is 7.13. The van der Waals surface area contributed by atoms with Gasteiger partial charge in [0.15, 0.2) is 5.13 Å². The molecule has 0 radical (unpaired) electrons. The molecule has 0 N–H and O–H groups in total. The topological polar surface area (TPSA) is 36.4 Å². The number of amides is 1. The third kappa shape index (κ3) is 3.51. The molecule has 2 heterocycles. The van der Waals surface area contributed by atoms with Gasteiger partial charge in [-0.2, -0.15) is 0 Å². The number of benzene rings is 1. The average molecular weight is 317 g/mol. The van der Waals surface area contributed by atoms with E-state index in [-0.39, 0.29) is 11.7 Å². The molecular formula is C16H16FN3OS. The number of anilines is 1. The van der Waals surface area contributed by atoms with Gasteiger partial charge in [-0.05, 0) is 23.8 Å². The number of carbonyl (C=O) groups is 1. The van der Waals surface area contributed by atoms with Crippen LogP contribution in [0.3, 0.4) is 0 Å². The van der Waals surface area contributed by atoms with Gasteiger partial charge in [-0.3, -0.25) is 4.79 Å². The average Bonchev–Trinajstić information content (AvgIpc) is 3.07. The van der Waals surface area contributed by atoms with Crippen LogP contribution in [0.15, 0.2) is 41.9 Å². The first-order chi connectivity index (χ1) is 10.7. The highest BCUT2D eigenvalue weighted by Gasteiger charge is 2.20. The molecule has 0 spiro atoms. The molecule has 4 nitrogen and oxygen atoms in total. The fourth-order valence-electron chi connectivity index (χ4n) is 2.37. The Kier molecular flexibility index (Phi) is 4.48. The Morgan fingerprint density at radius 1 is 1.27 bits per heavy atom. The molecule has 114 valence electrons. The maximum atomic E-state index is 13.1. The molecule has 0 saturated carbocycles. The first-order valence-corrected chi connectivity index (χ1v) is 7.97. The maximum Gasteiger partial charge on any atom is 0.246 e. The lowest BCUT2D eigenvalue weighted by molar-refractivity contribution is -0.126. The van der Waals surface area contributed by atoms with Crippen molar-refractivity contribution in [1.82, 2.24) is 9.88 Å². The molecule has 1 aromatic heterocycles. The lowest BCUT2D eigenvalue weighted by atomic mass is 10.2. The second-order valence-electron chi connectivity index (χ2n) is 5.02. The van der Waals surface area contributed by atoms with Gasteiger partial charge in [0.05, 0.1) is 0 Å². The molecule has 1 amide bonds. The molecule has 2 aromatic rings. The summed E-state index contributed by atoms with van der Waals surface area (Å²) in [6.07, 6.45) is 4.95. The summed E-state index contributed by atoms with van der Waals surface area (Å²) in [6, 6.07) is 6.20. The summed E-state index contributed by atoms with van der Waals surface area (Å²) in [5.41, 5.74) is 0.690. The van der Waals surface area contributed by atoms with E-state index >= 15 is 0 Å². The summed E-state index contributed by atoms with van der Waals surface area (Å²) in [7, 11) is 0. The van der Waals surface area contributed by atoms with Crippen molar-refractivity contribution < 1.29 is 9.18 Å². The number of hydrogen-bond acceptors (Lipinski definition) is 4. The first-order valence-electron chi connectivity index (χ1n) is 7.09. The number of rotatable bonds is 3. The number of hydrogen-bond donors (Lipinski definition) is 0. The molecule has 0 atom stereocenters. The van der Waals surface area contributed by atoms with Crippen molar-refractivity contribution in [3.8, 4) is 0 Å². The lowest BCUT2D eigenvalue weighted by Crippen LogP contribution is -2.48. The second kappa shape index (κ2) is 6.70. The van der Waals surface area contributed by atoms with E-state index in [9.17, 15) is 9.18 Å². The fraction of sp³-hybridized carbons (Fsp3) is 0.250. The van der Waals surface area contributed by atoms with Crippen molar-refractivity contribution in [1.29, 1.82) is 0 Å². The number of halogens is 1. The minimum atomic E-state index is -0.299. The monoisotopic (exact) mass is 317 g/mol. The molecule has 1 aromatic carbocycles. The molecule has 3 rings (SSSR count). The summed E-state index contributed by atoms with van der Waals surface area (Å²) in [5, 5.41) is 2.96. The highest BCUT2D eigenvalue weighted by Crippen LogP contribution is 2.19. The molecule has 1 fully saturated rings. The number of piperazine rings is 1. The molecular weight excluding hydrogens is 301 g/mol. The van der Waals surface area contributed by atoms with E-state index in [1.165, 1.54) is 18.2 Å². The van der Waals surface area contributed by atoms with Crippen LogP contribution in [0.5, 0.6) is 0 Å². The minimum Gasteiger partial charge on any atom is -0.345 e. The predicted octanol–water partition coefficient (Wildman–Crippen LogP) is 2.64. The summed E-state index contributed by atoms with van der Waals surface area (Å²) in [6.45, 7) is 2.91. The Labute approximate surface area is 132 Å². The molecule has 1 saturated heterocycles. The predicted molar refractivity (Wildman–Crippen MR) is 86.3 cm³/mol. The van der Waals surface area contributed by atoms with E-state index in [1.807, 2.05) is 5.38 Å². The molecule has 22 heavy (non-hydrogen) atoms. The standard InChI is InChI=1S/C16H16FN3OS/c17-14-3-1-2-13(12-14)4-5-15(21)19-7-9-20(10-8-19)16-18-6-11-22-16/h1-6,11-12H,7-10H2. The Hall–Kier alpha value is -2.21. The molecule has 1 aliphatic rings. The van der Waals surface area contributed by atoms with Gasteiger partial charge < -0.3 is 9.80 Å². The largest absolute Gasteiger partial charge is 0.345 e. The number of nitrogens with zero attached hydrogens (tertiary/aromatic N) is 3. The van der Waals surface area contributed by atoms with Crippen molar-refractivity contribution in [3.63, 3.8) is 0 Å². The Bertz CT molecular complexity index is 664. The summed E-state index contributed by atoms with van der Waals surface area (Å²) in [5.74, 6) is -0.338. The number of carbonyl (C=O) groups excluding carboxylic acids is 1. The zero-order valence-electron chi connectivity index (χ0n) is 12.0. The van der Waals surface area contributed by atoms with Crippen molar-refractivity contribution in [3.05, 3.63) is 53.3 Å². The van der Waals surface area contributed by atoms with Crippen LogP contribution in [0.2, 0.25) is 0 Å². The van der Waals surface area contributed by atoms with Gasteiger partial charge in [0, 0.05) is 43.8 Å². The minimum absolute atomic E-state index is 0.0388. The van der Waals surface area contributed by atoms with E-state index in [2.05, 4.69) is 9.88 Å². The fourth-order valence-corrected chi connectivity index (χ4v) is 3.07. The third-order valence-corrected chi connectivity index (χ3v) is 4.38. The van der Waals surface area contributed by atoms with Crippen LogP contribution in [0, 0.1) is 5.82 Å². The van der Waals surface area contributed by atoms with E-state index in [0.717, 1.165) is 18.2 Å². The summed E-state index contributed by atoms with van der Waals surface area (Å²) < 4.78 is 13.1. The highest BCUT2D eigenvalue weighted by atomic mass is 32.1. The molecule has 0 bridgehead atoms. The molecule has 1 aliphatic heterocycles. The van der Waals surface area contributed by atoms with Gasteiger partial charge >= 0.3 is 0 Å². The van der Waals surface area contributed by atoms with Crippen LogP contribution in [-0.2, 0) is 4.79 Å². The Balaban J connectivity index is 1.56. The van der Waals surface area contributed by atoms with Gasteiger partial charge in [0.25, 0.3) is 0 Å². The van der Waals surface area contributed by atoms with E-state index < -0.39 is 0 Å². The molecule has 0 unspecified atom stereocenters. The smallest absolute Gasteiger partial charge is 0.246 e. The first kappa shape index (κ1) is 14.7. The van der Waals surface area contributed by atoms with Gasteiger partial charge in [0.1, 0.15) is 5.82 Å².